The van der Waals surface area contributed by atoms with Gasteiger partial charge in [-0.2, -0.15) is 0 Å². The molecule has 4 heterocycles. The van der Waals surface area contributed by atoms with Gasteiger partial charge in [0.05, 0.1) is 27.4 Å². The number of fused-ring (bicyclic) bond motifs is 2. The molecule has 1 aliphatic rings. The van der Waals surface area contributed by atoms with Crippen molar-refractivity contribution in [2.75, 3.05) is 36.0 Å². The van der Waals surface area contributed by atoms with Gasteiger partial charge in [0.25, 0.3) is 5.56 Å². The molecule has 0 spiro atoms. The first-order chi connectivity index (χ1) is 13.2. The Morgan fingerprint density at radius 3 is 2.63 bits per heavy atom. The Balaban J connectivity index is 1.39. The third-order valence-electron chi connectivity index (χ3n) is 5.07. The fourth-order valence-corrected chi connectivity index (χ4v) is 4.43. The summed E-state index contributed by atoms with van der Waals surface area (Å²) in [7, 11) is 1.72. The standard InChI is InChI=1S/C19H18N6OS/c1-23-12-22-16-10-13(2-3-14(16)19(23)26)24-5-7-25(8-6-24)18-17-15(4-9-27-17)20-11-21-18/h2-4,9-12H,5-8H2,1H3. The van der Waals surface area contributed by atoms with Gasteiger partial charge in [0, 0.05) is 38.9 Å². The molecule has 27 heavy (non-hydrogen) atoms. The van der Waals surface area contributed by atoms with Crippen LogP contribution in [0.2, 0.25) is 0 Å². The molecule has 7 nitrogen and oxygen atoms in total. The van der Waals surface area contributed by atoms with Crippen molar-refractivity contribution in [3.05, 3.63) is 52.7 Å². The summed E-state index contributed by atoms with van der Waals surface area (Å²) in [5, 5.41) is 2.72. The summed E-state index contributed by atoms with van der Waals surface area (Å²) in [4.78, 5) is 30.1. The average Bonchev–Trinajstić information content (AvgIpc) is 3.20. The molecule has 1 saturated heterocycles. The molecule has 1 aliphatic heterocycles. The van der Waals surface area contributed by atoms with Crippen LogP contribution in [0.3, 0.4) is 0 Å². The van der Waals surface area contributed by atoms with Crippen LogP contribution in [0.25, 0.3) is 21.1 Å². The highest BCUT2D eigenvalue weighted by atomic mass is 32.1. The van der Waals surface area contributed by atoms with Crippen LogP contribution in [0.1, 0.15) is 0 Å². The minimum atomic E-state index is -0.0138. The van der Waals surface area contributed by atoms with Gasteiger partial charge in [0.15, 0.2) is 0 Å². The van der Waals surface area contributed by atoms with E-state index < -0.39 is 0 Å². The minimum absolute atomic E-state index is 0.0138. The zero-order valence-corrected chi connectivity index (χ0v) is 15.7. The number of rotatable bonds is 2. The molecule has 0 saturated carbocycles. The first-order valence-electron chi connectivity index (χ1n) is 8.84. The minimum Gasteiger partial charge on any atom is -0.368 e. The van der Waals surface area contributed by atoms with Crippen molar-refractivity contribution in [1.82, 2.24) is 19.5 Å². The quantitative estimate of drug-likeness (QED) is 0.533. The number of aromatic nitrogens is 4. The topological polar surface area (TPSA) is 67.2 Å². The van der Waals surface area contributed by atoms with E-state index in [0.717, 1.165) is 53.4 Å². The largest absolute Gasteiger partial charge is 0.368 e. The molecule has 136 valence electrons. The Morgan fingerprint density at radius 2 is 1.78 bits per heavy atom. The lowest BCUT2D eigenvalue weighted by Gasteiger charge is -2.36. The van der Waals surface area contributed by atoms with Gasteiger partial charge in [-0.25, -0.2) is 15.0 Å². The fraction of sp³-hybridized carbons (Fsp3) is 0.263. The summed E-state index contributed by atoms with van der Waals surface area (Å²) in [6.07, 6.45) is 3.22. The van der Waals surface area contributed by atoms with E-state index in [-0.39, 0.29) is 5.56 Å². The molecule has 0 radical (unpaired) electrons. The lowest BCUT2D eigenvalue weighted by Crippen LogP contribution is -2.46. The van der Waals surface area contributed by atoms with Gasteiger partial charge in [-0.15, -0.1) is 11.3 Å². The van der Waals surface area contributed by atoms with Crippen LogP contribution in [0.4, 0.5) is 11.5 Å². The van der Waals surface area contributed by atoms with Crippen molar-refractivity contribution in [3.63, 3.8) is 0 Å². The van der Waals surface area contributed by atoms with Gasteiger partial charge in [-0.05, 0) is 29.6 Å². The lowest BCUT2D eigenvalue weighted by molar-refractivity contribution is 0.649. The molecule has 0 aliphatic carbocycles. The van der Waals surface area contributed by atoms with Crippen molar-refractivity contribution < 1.29 is 0 Å². The second-order valence-electron chi connectivity index (χ2n) is 6.67. The number of anilines is 2. The number of nitrogens with zero attached hydrogens (tertiary/aromatic N) is 6. The Labute approximate surface area is 159 Å². The summed E-state index contributed by atoms with van der Waals surface area (Å²) in [5.74, 6) is 1.03. The maximum Gasteiger partial charge on any atom is 0.260 e. The van der Waals surface area contributed by atoms with Crippen LogP contribution < -0.4 is 15.4 Å². The number of thiophene rings is 1. The first-order valence-corrected chi connectivity index (χ1v) is 9.72. The highest BCUT2D eigenvalue weighted by Gasteiger charge is 2.21. The van der Waals surface area contributed by atoms with E-state index in [4.69, 9.17) is 0 Å². The van der Waals surface area contributed by atoms with Crippen molar-refractivity contribution in [3.8, 4) is 0 Å². The normalized spacial score (nSPS) is 15.0. The maximum atomic E-state index is 12.2. The molecule has 1 aromatic carbocycles. The molecule has 1 fully saturated rings. The van der Waals surface area contributed by atoms with E-state index in [2.05, 4.69) is 30.1 Å². The second kappa shape index (κ2) is 6.31. The van der Waals surface area contributed by atoms with Crippen LogP contribution in [0.5, 0.6) is 0 Å². The smallest absolute Gasteiger partial charge is 0.260 e. The molecule has 3 aromatic heterocycles. The molecule has 5 rings (SSSR count). The predicted octanol–water partition coefficient (Wildman–Crippen LogP) is 2.26. The Morgan fingerprint density at radius 1 is 0.963 bits per heavy atom. The third-order valence-corrected chi connectivity index (χ3v) is 5.97. The van der Waals surface area contributed by atoms with Crippen molar-refractivity contribution in [2.24, 2.45) is 7.05 Å². The van der Waals surface area contributed by atoms with Crippen LogP contribution in [-0.4, -0.2) is 45.7 Å². The molecule has 0 unspecified atom stereocenters. The summed E-state index contributed by atoms with van der Waals surface area (Å²) >= 11 is 1.69. The van der Waals surface area contributed by atoms with E-state index in [1.807, 2.05) is 24.3 Å². The van der Waals surface area contributed by atoms with E-state index in [1.54, 1.807) is 31.0 Å². The summed E-state index contributed by atoms with van der Waals surface area (Å²) in [5.41, 5.74) is 2.84. The van der Waals surface area contributed by atoms with Crippen LogP contribution >= 0.6 is 11.3 Å². The van der Waals surface area contributed by atoms with Crippen molar-refractivity contribution in [2.45, 2.75) is 0 Å². The predicted molar refractivity (Wildman–Crippen MR) is 109 cm³/mol. The SMILES string of the molecule is Cn1cnc2cc(N3CCN(c4ncnc5ccsc45)CC3)ccc2c1=O. The number of piperazine rings is 1. The third kappa shape index (κ3) is 2.73. The lowest BCUT2D eigenvalue weighted by atomic mass is 10.2. The Hall–Kier alpha value is -3.00. The number of hydrogen-bond acceptors (Lipinski definition) is 7. The van der Waals surface area contributed by atoms with E-state index in [0.29, 0.717) is 5.39 Å². The molecule has 4 aromatic rings. The molecular weight excluding hydrogens is 360 g/mol. The van der Waals surface area contributed by atoms with E-state index in [1.165, 1.54) is 4.57 Å². The number of hydrogen-bond donors (Lipinski definition) is 0. The van der Waals surface area contributed by atoms with Gasteiger partial charge in [0.2, 0.25) is 0 Å². The second-order valence-corrected chi connectivity index (χ2v) is 7.58. The first kappa shape index (κ1) is 16.2. The molecule has 0 atom stereocenters. The van der Waals surface area contributed by atoms with E-state index >= 15 is 0 Å². The van der Waals surface area contributed by atoms with Crippen LogP contribution in [0, 0.1) is 0 Å². The maximum absolute atomic E-state index is 12.2. The average molecular weight is 378 g/mol. The van der Waals surface area contributed by atoms with E-state index in [9.17, 15) is 4.79 Å². The monoisotopic (exact) mass is 378 g/mol. The van der Waals surface area contributed by atoms with Gasteiger partial charge in [-0.1, -0.05) is 0 Å². The number of aryl methyl sites for hydroxylation is 1. The highest BCUT2D eigenvalue weighted by Crippen LogP contribution is 2.29. The van der Waals surface area contributed by atoms with Gasteiger partial charge >= 0.3 is 0 Å². The summed E-state index contributed by atoms with van der Waals surface area (Å²) in [6.45, 7) is 3.58. The zero-order valence-electron chi connectivity index (χ0n) is 14.9. The van der Waals surface area contributed by atoms with Crippen molar-refractivity contribution in [1.29, 1.82) is 0 Å². The molecular formula is C19H18N6OS. The Bertz CT molecular complexity index is 1190. The Kier molecular flexibility index (Phi) is 3.78. The molecule has 0 bridgehead atoms. The zero-order chi connectivity index (χ0) is 18.4. The van der Waals surface area contributed by atoms with Crippen molar-refractivity contribution >= 4 is 44.0 Å². The van der Waals surface area contributed by atoms with Crippen LogP contribution in [-0.2, 0) is 7.05 Å². The van der Waals surface area contributed by atoms with Gasteiger partial charge < -0.3 is 14.4 Å². The van der Waals surface area contributed by atoms with Gasteiger partial charge in [0.1, 0.15) is 12.1 Å². The highest BCUT2D eigenvalue weighted by molar-refractivity contribution is 7.17. The molecule has 8 heteroatoms. The fourth-order valence-electron chi connectivity index (χ4n) is 3.57. The number of benzene rings is 1. The summed E-state index contributed by atoms with van der Waals surface area (Å²) < 4.78 is 2.66. The summed E-state index contributed by atoms with van der Waals surface area (Å²) in [6, 6.07) is 7.94. The van der Waals surface area contributed by atoms with Crippen LogP contribution in [0.15, 0.2) is 47.1 Å². The molecule has 0 N–H and O–H groups in total. The van der Waals surface area contributed by atoms with Gasteiger partial charge in [-0.3, -0.25) is 4.79 Å². The molecule has 0 amide bonds.